The summed E-state index contributed by atoms with van der Waals surface area (Å²) >= 11 is 0. The van der Waals surface area contributed by atoms with Gasteiger partial charge in [-0.25, -0.2) is 4.98 Å². The molecule has 5 aromatic rings. The Morgan fingerprint density at radius 1 is 0.630 bits per heavy atom. The molecule has 2 atom stereocenters. The van der Waals surface area contributed by atoms with Crippen molar-refractivity contribution in [3.63, 3.8) is 0 Å². The molecule has 0 aliphatic carbocycles. The first-order valence-electron chi connectivity index (χ1n) is 17.5. The van der Waals surface area contributed by atoms with E-state index in [-0.39, 0.29) is 25.6 Å². The van der Waals surface area contributed by atoms with Crippen molar-refractivity contribution >= 4 is 12.4 Å². The second-order valence-corrected chi connectivity index (χ2v) is 12.5. The zero-order valence-electron chi connectivity index (χ0n) is 31.0. The molecule has 0 saturated carbocycles. The molecule has 54 heavy (non-hydrogen) atoms. The maximum Gasteiger partial charge on any atom is 0.161 e. The maximum atomic E-state index is 10.8. The van der Waals surface area contributed by atoms with Crippen molar-refractivity contribution in [2.45, 2.75) is 18.8 Å². The van der Waals surface area contributed by atoms with E-state index in [1.54, 1.807) is 64.8 Å². The predicted molar refractivity (Wildman–Crippen MR) is 208 cm³/mol. The molecular formula is C41H48ClN3O9. The molecular weight excluding hydrogens is 714 g/mol. The average molecular weight is 762 g/mol. The van der Waals surface area contributed by atoms with Crippen LogP contribution in [0.5, 0.6) is 34.5 Å². The average Bonchev–Trinajstić information content (AvgIpc) is 3.65. The fraction of sp³-hybridized carbons (Fsp3) is 0.341. The molecule has 0 radical (unpaired) electrons. The van der Waals surface area contributed by atoms with Crippen LogP contribution in [0, 0.1) is 0 Å². The monoisotopic (exact) mass is 761 g/mol. The van der Waals surface area contributed by atoms with Crippen LogP contribution in [0.2, 0.25) is 0 Å². The maximum absolute atomic E-state index is 10.8. The van der Waals surface area contributed by atoms with Crippen LogP contribution in [0.1, 0.15) is 23.3 Å². The van der Waals surface area contributed by atoms with Crippen molar-refractivity contribution in [1.82, 2.24) is 14.5 Å². The van der Waals surface area contributed by atoms with Crippen LogP contribution in [0.25, 0.3) is 22.6 Å². The van der Waals surface area contributed by atoms with Crippen molar-refractivity contribution < 1.29 is 43.4 Å². The molecule has 1 saturated heterocycles. The van der Waals surface area contributed by atoms with E-state index >= 15 is 0 Å². The van der Waals surface area contributed by atoms with Crippen LogP contribution in [-0.2, 0) is 11.3 Å². The predicted octanol–water partition coefficient (Wildman–Crippen LogP) is 6.23. The van der Waals surface area contributed by atoms with Gasteiger partial charge in [0.2, 0.25) is 0 Å². The third-order valence-corrected chi connectivity index (χ3v) is 9.20. The third kappa shape index (κ3) is 9.95. The minimum absolute atomic E-state index is 0. The molecule has 1 fully saturated rings. The largest absolute Gasteiger partial charge is 0.493 e. The second-order valence-electron chi connectivity index (χ2n) is 12.5. The van der Waals surface area contributed by atoms with Gasteiger partial charge in [0.15, 0.2) is 23.0 Å². The topological polar surface area (TPSA) is 126 Å². The van der Waals surface area contributed by atoms with Gasteiger partial charge in [-0.3, -0.25) is 4.90 Å². The number of hydrogen-bond acceptors (Lipinski definition) is 11. The van der Waals surface area contributed by atoms with Crippen molar-refractivity contribution in [1.29, 1.82) is 0 Å². The second kappa shape index (κ2) is 19.4. The highest BCUT2D eigenvalue weighted by Crippen LogP contribution is 2.33. The van der Waals surface area contributed by atoms with E-state index in [1.165, 1.54) is 0 Å². The van der Waals surface area contributed by atoms with Crippen molar-refractivity contribution in [2.75, 3.05) is 74.5 Å². The van der Waals surface area contributed by atoms with Gasteiger partial charge in [0.25, 0.3) is 0 Å². The number of ether oxygens (including phenoxy) is 7. The highest BCUT2D eigenvalue weighted by Gasteiger charge is 2.17. The minimum Gasteiger partial charge on any atom is -0.493 e. The Morgan fingerprint density at radius 2 is 1.11 bits per heavy atom. The number of aliphatic hydroxyl groups is 2. The summed E-state index contributed by atoms with van der Waals surface area (Å²) in [7, 11) is 6.27. The molecule has 2 N–H and O–H groups in total. The van der Waals surface area contributed by atoms with E-state index in [9.17, 15) is 10.2 Å². The summed E-state index contributed by atoms with van der Waals surface area (Å²) in [6.45, 7) is 5.06. The quantitative estimate of drug-likeness (QED) is 0.112. The van der Waals surface area contributed by atoms with Gasteiger partial charge in [0.05, 0.1) is 47.3 Å². The van der Waals surface area contributed by atoms with Gasteiger partial charge in [-0.15, -0.1) is 12.4 Å². The molecule has 12 nitrogen and oxygen atoms in total. The molecule has 1 aliphatic heterocycles. The lowest BCUT2D eigenvalue weighted by molar-refractivity contribution is 0.0364. The van der Waals surface area contributed by atoms with Crippen molar-refractivity contribution in [3.8, 4) is 57.1 Å². The van der Waals surface area contributed by atoms with E-state index in [0.29, 0.717) is 45.6 Å². The summed E-state index contributed by atoms with van der Waals surface area (Å²) in [5.74, 6) is 4.38. The molecule has 0 bridgehead atoms. The van der Waals surface area contributed by atoms with Gasteiger partial charge in [-0.1, -0.05) is 12.1 Å². The van der Waals surface area contributed by atoms with Crippen LogP contribution in [0.15, 0.2) is 91.1 Å². The number of methoxy groups -OCH3 is 4. The Bertz CT molecular complexity index is 1910. The van der Waals surface area contributed by atoms with Crippen LogP contribution in [0.4, 0.5) is 0 Å². The van der Waals surface area contributed by atoms with Gasteiger partial charge in [0.1, 0.15) is 42.7 Å². The molecule has 2 unspecified atom stereocenters. The minimum atomic E-state index is -0.851. The zero-order valence-corrected chi connectivity index (χ0v) is 31.8. The summed E-state index contributed by atoms with van der Waals surface area (Å²) < 4.78 is 41.0. The summed E-state index contributed by atoms with van der Waals surface area (Å²) in [5.41, 5.74) is 4.04. The SMILES string of the molecule is COc1ccc(C(O)COc2ccc(-c3cn(CCN4CCOCC4)c(-c4ccc(OCC(O)c5ccc(OC)c(OC)c5)cc4)n3)cc2)cc1OC.Cl. The van der Waals surface area contributed by atoms with Gasteiger partial charge < -0.3 is 47.9 Å². The van der Waals surface area contributed by atoms with Crippen molar-refractivity contribution in [2.24, 2.45) is 0 Å². The summed E-state index contributed by atoms with van der Waals surface area (Å²) in [6, 6.07) is 26.0. The van der Waals surface area contributed by atoms with Crippen LogP contribution >= 0.6 is 12.4 Å². The van der Waals surface area contributed by atoms with Crippen molar-refractivity contribution in [3.05, 3.63) is 102 Å². The Hall–Kier alpha value is -4.98. The molecule has 0 spiro atoms. The highest BCUT2D eigenvalue weighted by molar-refractivity contribution is 5.85. The normalized spacial score (nSPS) is 14.0. The molecule has 1 aliphatic rings. The molecule has 2 heterocycles. The van der Waals surface area contributed by atoms with Crippen LogP contribution in [-0.4, -0.2) is 99.2 Å². The number of morpholine rings is 1. The van der Waals surface area contributed by atoms with Gasteiger partial charge in [0, 0.05) is 43.5 Å². The highest BCUT2D eigenvalue weighted by atomic mass is 35.5. The number of nitrogens with zero attached hydrogens (tertiary/aromatic N) is 3. The molecule has 6 rings (SSSR count). The first-order chi connectivity index (χ1) is 25.9. The number of halogens is 1. The molecule has 1 aromatic heterocycles. The molecule has 0 amide bonds. The smallest absolute Gasteiger partial charge is 0.161 e. The standard InChI is InChI=1S/C41H47N3O9.ClH/c1-47-37-15-9-30(23-39(37)49-3)35(45)26-52-32-11-5-28(6-12-32)34-25-44(18-17-43-19-21-51-22-20-43)41(42-34)29-7-13-33(14-8-29)53-27-36(46)31-10-16-38(48-2)40(24-31)50-4;/h5-16,23-25,35-36,45-46H,17-22,26-27H2,1-4H3;1H. The van der Waals surface area contributed by atoms with E-state index < -0.39 is 12.2 Å². The first kappa shape index (κ1) is 40.2. The number of imidazole rings is 1. The summed E-state index contributed by atoms with van der Waals surface area (Å²) in [5, 5.41) is 21.6. The van der Waals surface area contributed by atoms with E-state index in [4.69, 9.17) is 38.1 Å². The van der Waals surface area contributed by atoms with Gasteiger partial charge >= 0.3 is 0 Å². The van der Waals surface area contributed by atoms with Crippen LogP contribution < -0.4 is 28.4 Å². The fourth-order valence-corrected chi connectivity index (χ4v) is 6.11. The summed E-state index contributed by atoms with van der Waals surface area (Å²) in [4.78, 5) is 7.48. The van der Waals surface area contributed by atoms with E-state index in [1.807, 2.05) is 48.5 Å². The molecule has 13 heteroatoms. The number of benzene rings is 4. The van der Waals surface area contributed by atoms with E-state index in [0.717, 1.165) is 62.0 Å². The third-order valence-electron chi connectivity index (χ3n) is 9.20. The lowest BCUT2D eigenvalue weighted by Crippen LogP contribution is -2.38. The first-order valence-corrected chi connectivity index (χ1v) is 17.5. The number of aromatic nitrogens is 2. The van der Waals surface area contributed by atoms with E-state index in [2.05, 4.69) is 15.7 Å². The summed E-state index contributed by atoms with van der Waals surface area (Å²) in [6.07, 6.45) is 0.380. The van der Waals surface area contributed by atoms with Crippen LogP contribution in [0.3, 0.4) is 0 Å². The Kier molecular flexibility index (Phi) is 14.4. The lowest BCUT2D eigenvalue weighted by Gasteiger charge is -2.26. The van der Waals surface area contributed by atoms with Gasteiger partial charge in [-0.05, 0) is 83.9 Å². The lowest BCUT2D eigenvalue weighted by atomic mass is 10.1. The zero-order chi connectivity index (χ0) is 37.2. The number of aliphatic hydroxyl groups excluding tert-OH is 2. The molecule has 4 aromatic carbocycles. The Morgan fingerprint density at radius 3 is 1.59 bits per heavy atom. The Balaban J connectivity index is 0.00000561. The molecule has 288 valence electrons. The Labute approximate surface area is 322 Å². The number of hydrogen-bond donors (Lipinski definition) is 2. The van der Waals surface area contributed by atoms with Gasteiger partial charge in [-0.2, -0.15) is 0 Å². The fourth-order valence-electron chi connectivity index (χ4n) is 6.11. The number of rotatable bonds is 17.